The third-order valence-corrected chi connectivity index (χ3v) is 2.99. The number of hydrogen-bond acceptors (Lipinski definition) is 2. The molecule has 90 valence electrons. The number of nitrogens with zero attached hydrogens (tertiary/aromatic N) is 1. The summed E-state index contributed by atoms with van der Waals surface area (Å²) >= 11 is 0. The van der Waals surface area contributed by atoms with E-state index in [2.05, 4.69) is 44.0 Å². The molecule has 0 spiro atoms. The van der Waals surface area contributed by atoms with Gasteiger partial charge in [0.25, 0.3) is 0 Å². The van der Waals surface area contributed by atoms with Gasteiger partial charge in [0.15, 0.2) is 0 Å². The molecule has 16 heavy (non-hydrogen) atoms. The van der Waals surface area contributed by atoms with E-state index >= 15 is 0 Å². The lowest BCUT2D eigenvalue weighted by molar-refractivity contribution is 0.338. The third-order valence-electron chi connectivity index (χ3n) is 2.99. The summed E-state index contributed by atoms with van der Waals surface area (Å²) < 4.78 is 0. The molecular weight excluding hydrogens is 196 g/mol. The van der Waals surface area contributed by atoms with Gasteiger partial charge >= 0.3 is 0 Å². The van der Waals surface area contributed by atoms with Crippen molar-refractivity contribution in [2.24, 2.45) is 5.73 Å². The topological polar surface area (TPSA) is 29.3 Å². The molecule has 0 aliphatic rings. The molecule has 0 saturated heterocycles. The van der Waals surface area contributed by atoms with E-state index < -0.39 is 0 Å². The van der Waals surface area contributed by atoms with E-state index in [1.54, 1.807) is 0 Å². The first-order chi connectivity index (χ1) is 7.63. The van der Waals surface area contributed by atoms with Crippen molar-refractivity contribution < 1.29 is 0 Å². The van der Waals surface area contributed by atoms with E-state index in [9.17, 15) is 0 Å². The molecule has 1 rings (SSSR count). The van der Waals surface area contributed by atoms with Crippen molar-refractivity contribution in [1.29, 1.82) is 0 Å². The summed E-state index contributed by atoms with van der Waals surface area (Å²) in [7, 11) is 2.13. The second-order valence-electron chi connectivity index (χ2n) is 4.63. The Hall–Kier alpha value is -0.860. The summed E-state index contributed by atoms with van der Waals surface area (Å²) in [6.45, 7) is 7.22. The minimum atomic E-state index is 0.750. The predicted octanol–water partition coefficient (Wildman–Crippen LogP) is 2.13. The lowest BCUT2D eigenvalue weighted by Gasteiger charge is -2.15. The zero-order valence-corrected chi connectivity index (χ0v) is 10.8. The van der Waals surface area contributed by atoms with Crippen LogP contribution in [0.15, 0.2) is 18.2 Å². The summed E-state index contributed by atoms with van der Waals surface area (Å²) in [6.07, 6.45) is 2.38. The first-order valence-corrected chi connectivity index (χ1v) is 6.08. The second kappa shape index (κ2) is 6.66. The highest BCUT2D eigenvalue weighted by atomic mass is 15.1. The van der Waals surface area contributed by atoms with Crippen LogP contribution in [0.4, 0.5) is 0 Å². The van der Waals surface area contributed by atoms with Gasteiger partial charge in [-0.2, -0.15) is 0 Å². The highest BCUT2D eigenvalue weighted by molar-refractivity contribution is 5.30. The summed E-state index contributed by atoms with van der Waals surface area (Å²) in [5, 5.41) is 0. The second-order valence-corrected chi connectivity index (χ2v) is 4.63. The van der Waals surface area contributed by atoms with Gasteiger partial charge in [-0.05, 0) is 51.4 Å². The van der Waals surface area contributed by atoms with Gasteiger partial charge in [0, 0.05) is 13.1 Å². The maximum Gasteiger partial charge on any atom is 0.0102 e. The Morgan fingerprint density at radius 1 is 1.19 bits per heavy atom. The van der Waals surface area contributed by atoms with Gasteiger partial charge in [-0.3, -0.25) is 0 Å². The van der Waals surface area contributed by atoms with Crippen molar-refractivity contribution in [1.82, 2.24) is 4.90 Å². The van der Waals surface area contributed by atoms with Crippen LogP contribution in [-0.4, -0.2) is 31.6 Å². The van der Waals surface area contributed by atoms with Gasteiger partial charge in [-0.1, -0.05) is 23.8 Å². The van der Waals surface area contributed by atoms with E-state index in [1.807, 2.05) is 0 Å². The van der Waals surface area contributed by atoms with Gasteiger partial charge in [0.05, 0.1) is 0 Å². The van der Waals surface area contributed by atoms with Crippen LogP contribution >= 0.6 is 0 Å². The minimum absolute atomic E-state index is 0.750. The molecule has 0 aliphatic carbocycles. The fourth-order valence-corrected chi connectivity index (χ4v) is 2.00. The monoisotopic (exact) mass is 220 g/mol. The van der Waals surface area contributed by atoms with Crippen molar-refractivity contribution in [2.75, 3.05) is 26.7 Å². The highest BCUT2D eigenvalue weighted by Gasteiger charge is 2.00. The summed E-state index contributed by atoms with van der Waals surface area (Å²) in [5.74, 6) is 0. The standard InChI is InChI=1S/C14H24N2/c1-12-6-7-14(13(2)11-12)5-4-9-16(3)10-8-15/h6-7,11H,4-5,8-10,15H2,1-3H3. The van der Waals surface area contributed by atoms with Crippen molar-refractivity contribution in [2.45, 2.75) is 26.7 Å². The Morgan fingerprint density at radius 2 is 1.94 bits per heavy atom. The van der Waals surface area contributed by atoms with Crippen LogP contribution in [0, 0.1) is 13.8 Å². The van der Waals surface area contributed by atoms with Gasteiger partial charge in [0.1, 0.15) is 0 Å². The Morgan fingerprint density at radius 3 is 2.56 bits per heavy atom. The summed E-state index contributed by atoms with van der Waals surface area (Å²) in [6, 6.07) is 6.72. The quantitative estimate of drug-likeness (QED) is 0.796. The molecule has 0 bridgehead atoms. The van der Waals surface area contributed by atoms with Crippen LogP contribution in [0.5, 0.6) is 0 Å². The van der Waals surface area contributed by atoms with Crippen molar-refractivity contribution in [3.63, 3.8) is 0 Å². The summed E-state index contributed by atoms with van der Waals surface area (Å²) in [5.41, 5.74) is 9.76. The lowest BCUT2D eigenvalue weighted by Crippen LogP contribution is -2.26. The normalized spacial score (nSPS) is 11.1. The molecule has 0 amide bonds. The molecule has 1 aromatic rings. The minimum Gasteiger partial charge on any atom is -0.329 e. The van der Waals surface area contributed by atoms with Crippen LogP contribution in [0.3, 0.4) is 0 Å². The molecule has 2 N–H and O–H groups in total. The largest absolute Gasteiger partial charge is 0.329 e. The van der Waals surface area contributed by atoms with Crippen molar-refractivity contribution in [3.8, 4) is 0 Å². The fraction of sp³-hybridized carbons (Fsp3) is 0.571. The Kier molecular flexibility index (Phi) is 5.50. The average Bonchev–Trinajstić information content (AvgIpc) is 2.22. The van der Waals surface area contributed by atoms with Gasteiger partial charge < -0.3 is 10.6 Å². The molecule has 2 heteroatoms. The van der Waals surface area contributed by atoms with E-state index in [0.29, 0.717) is 0 Å². The van der Waals surface area contributed by atoms with Crippen LogP contribution in [0.1, 0.15) is 23.1 Å². The number of hydrogen-bond donors (Lipinski definition) is 1. The molecule has 0 radical (unpaired) electrons. The molecule has 2 nitrogen and oxygen atoms in total. The number of benzene rings is 1. The van der Waals surface area contributed by atoms with E-state index in [1.165, 1.54) is 29.5 Å². The molecule has 0 atom stereocenters. The maximum atomic E-state index is 5.51. The molecule has 0 saturated carbocycles. The first-order valence-electron chi connectivity index (χ1n) is 6.08. The highest BCUT2D eigenvalue weighted by Crippen LogP contribution is 2.12. The van der Waals surface area contributed by atoms with Crippen LogP contribution in [-0.2, 0) is 6.42 Å². The Bertz CT molecular complexity index is 321. The van der Waals surface area contributed by atoms with Gasteiger partial charge in [-0.25, -0.2) is 0 Å². The maximum absolute atomic E-state index is 5.51. The molecular formula is C14H24N2. The molecule has 0 fully saturated rings. The summed E-state index contributed by atoms with van der Waals surface area (Å²) in [4.78, 5) is 2.30. The van der Waals surface area contributed by atoms with Crippen LogP contribution in [0.2, 0.25) is 0 Å². The average molecular weight is 220 g/mol. The third kappa shape index (κ3) is 4.33. The van der Waals surface area contributed by atoms with Crippen LogP contribution < -0.4 is 5.73 Å². The Balaban J connectivity index is 2.37. The number of rotatable bonds is 6. The van der Waals surface area contributed by atoms with Crippen molar-refractivity contribution in [3.05, 3.63) is 34.9 Å². The molecule has 1 aromatic carbocycles. The van der Waals surface area contributed by atoms with E-state index in [0.717, 1.165) is 19.6 Å². The zero-order valence-electron chi connectivity index (χ0n) is 10.8. The van der Waals surface area contributed by atoms with Crippen LogP contribution in [0.25, 0.3) is 0 Å². The SMILES string of the molecule is Cc1ccc(CCCN(C)CCN)c(C)c1. The number of likely N-dealkylation sites (N-methyl/N-ethyl adjacent to an activating group) is 1. The fourth-order valence-electron chi connectivity index (χ4n) is 2.00. The zero-order chi connectivity index (χ0) is 12.0. The Labute approximate surface area is 99.5 Å². The molecule has 0 aromatic heterocycles. The molecule has 0 unspecified atom stereocenters. The smallest absolute Gasteiger partial charge is 0.0102 e. The van der Waals surface area contributed by atoms with Gasteiger partial charge in [-0.15, -0.1) is 0 Å². The first kappa shape index (κ1) is 13.2. The lowest BCUT2D eigenvalue weighted by atomic mass is 10.0. The van der Waals surface area contributed by atoms with E-state index in [4.69, 9.17) is 5.73 Å². The molecule has 0 aliphatic heterocycles. The molecule has 0 heterocycles. The van der Waals surface area contributed by atoms with Gasteiger partial charge in [0.2, 0.25) is 0 Å². The predicted molar refractivity (Wildman–Crippen MR) is 70.8 cm³/mol. The number of aryl methyl sites for hydroxylation is 3. The number of nitrogens with two attached hydrogens (primary N) is 1. The van der Waals surface area contributed by atoms with Crippen molar-refractivity contribution >= 4 is 0 Å². The van der Waals surface area contributed by atoms with E-state index in [-0.39, 0.29) is 0 Å².